The number of carboxylic acid groups (broad SMARTS) is 1. The van der Waals surface area contributed by atoms with Gasteiger partial charge in [-0.25, -0.2) is 4.79 Å². The van der Waals surface area contributed by atoms with E-state index in [1.807, 2.05) is 11.8 Å². The van der Waals surface area contributed by atoms with Crippen LogP contribution in [0.15, 0.2) is 16.6 Å². The molecule has 0 aromatic heterocycles. The molecular formula is C16H10Br2O6. The molecule has 0 aliphatic heterocycles. The van der Waals surface area contributed by atoms with Gasteiger partial charge in [-0.1, -0.05) is 0 Å². The van der Waals surface area contributed by atoms with Crippen LogP contribution in [0.1, 0.15) is 10.4 Å². The number of aliphatic carboxylic acids is 1. The lowest BCUT2D eigenvalue weighted by molar-refractivity contribution is -0.130. The van der Waals surface area contributed by atoms with E-state index in [9.17, 15) is 19.5 Å². The predicted molar refractivity (Wildman–Crippen MR) is 95.1 cm³/mol. The number of phenolic OH excluding ortho intramolecular Hbond substituents is 1. The minimum absolute atomic E-state index is 0. The minimum atomic E-state index is -1.25. The summed E-state index contributed by atoms with van der Waals surface area (Å²) in [4.78, 5) is 29.7. The Labute approximate surface area is 157 Å². The number of aldehydes is 2. The smallest absolute Gasteiger partial charge is 0.382 e. The van der Waals surface area contributed by atoms with E-state index < -0.39 is 5.97 Å². The number of methoxy groups -OCH3 is 1. The molecule has 24 heavy (non-hydrogen) atoms. The standard InChI is InChI=1S/C8H7BrO3.C8H2O3.BrH/c1-12-8-3-6(9)5(4-10)2-7(8)11;9-7-5-3-1-2-4-6-8(10)11;/h2-4,11H,1H3;7H,(H,10,11);1H. The number of benzene rings is 1. The first kappa shape index (κ1) is 23.5. The quantitative estimate of drug-likeness (QED) is 0.519. The highest BCUT2D eigenvalue weighted by Gasteiger charge is 2.06. The van der Waals surface area contributed by atoms with Gasteiger partial charge in [0.15, 0.2) is 24.1 Å². The van der Waals surface area contributed by atoms with Crippen LogP contribution < -0.4 is 4.74 Å². The second-order valence-electron chi connectivity index (χ2n) is 3.36. The molecule has 124 valence electrons. The highest BCUT2D eigenvalue weighted by Crippen LogP contribution is 2.31. The molecule has 0 radical (unpaired) electrons. The molecule has 0 spiro atoms. The first-order chi connectivity index (χ1) is 11.0. The van der Waals surface area contributed by atoms with Crippen LogP contribution in [0.25, 0.3) is 0 Å². The zero-order valence-corrected chi connectivity index (χ0v) is 15.4. The summed E-state index contributed by atoms with van der Waals surface area (Å²) in [6.45, 7) is 0. The van der Waals surface area contributed by atoms with Gasteiger partial charge in [-0.15, -0.1) is 17.0 Å². The van der Waals surface area contributed by atoms with Crippen LogP contribution >= 0.6 is 32.9 Å². The first-order valence-corrected chi connectivity index (χ1v) is 6.45. The molecular weight excluding hydrogens is 448 g/mol. The average molecular weight is 458 g/mol. The van der Waals surface area contributed by atoms with Gasteiger partial charge in [-0.3, -0.25) is 9.59 Å². The molecule has 0 fully saturated rings. The fourth-order valence-electron chi connectivity index (χ4n) is 1.03. The number of carbonyl (C=O) groups excluding carboxylic acids is 2. The number of phenols is 1. The molecule has 6 nitrogen and oxygen atoms in total. The molecule has 2 N–H and O–H groups in total. The molecule has 0 saturated heterocycles. The van der Waals surface area contributed by atoms with Gasteiger partial charge in [0.2, 0.25) is 0 Å². The molecule has 8 heteroatoms. The van der Waals surface area contributed by atoms with E-state index in [1.165, 1.54) is 13.2 Å². The number of ether oxygens (including phenoxy) is 1. The molecule has 0 heterocycles. The maximum absolute atomic E-state index is 10.4. The Morgan fingerprint density at radius 2 is 1.83 bits per heavy atom. The maximum atomic E-state index is 10.4. The topological polar surface area (TPSA) is 101 Å². The van der Waals surface area contributed by atoms with E-state index in [4.69, 9.17) is 9.84 Å². The molecule has 1 aromatic carbocycles. The van der Waals surface area contributed by atoms with Crippen LogP contribution in [0.3, 0.4) is 0 Å². The van der Waals surface area contributed by atoms with Gasteiger partial charge in [0.25, 0.3) is 0 Å². The van der Waals surface area contributed by atoms with Crippen molar-refractivity contribution in [1.29, 1.82) is 0 Å². The molecule has 1 aromatic rings. The molecule has 1 rings (SSSR count). The molecule has 0 atom stereocenters. The van der Waals surface area contributed by atoms with E-state index in [-0.39, 0.29) is 22.7 Å². The molecule has 0 aliphatic rings. The Morgan fingerprint density at radius 3 is 2.33 bits per heavy atom. The second kappa shape index (κ2) is 13.9. The van der Waals surface area contributed by atoms with E-state index in [0.29, 0.717) is 28.4 Å². The third-order valence-electron chi connectivity index (χ3n) is 1.91. The van der Waals surface area contributed by atoms with Gasteiger partial charge in [0.05, 0.1) is 7.11 Å². The largest absolute Gasteiger partial charge is 0.504 e. The van der Waals surface area contributed by atoms with Crippen molar-refractivity contribution in [3.05, 3.63) is 22.2 Å². The summed E-state index contributed by atoms with van der Waals surface area (Å²) in [6, 6.07) is 2.88. The number of halogens is 2. The van der Waals surface area contributed by atoms with Gasteiger partial charge in [-0.05, 0) is 57.7 Å². The Morgan fingerprint density at radius 1 is 1.21 bits per heavy atom. The lowest BCUT2D eigenvalue weighted by atomic mass is 10.2. The van der Waals surface area contributed by atoms with Gasteiger partial charge >= 0.3 is 5.97 Å². The zero-order chi connectivity index (χ0) is 17.7. The number of aromatic hydroxyl groups is 1. The Balaban J connectivity index is 0. The summed E-state index contributed by atoms with van der Waals surface area (Å²) in [5.74, 6) is 11.3. The first-order valence-electron chi connectivity index (χ1n) is 5.66. The summed E-state index contributed by atoms with van der Waals surface area (Å²) in [7, 11) is 1.45. The van der Waals surface area contributed by atoms with Crippen molar-refractivity contribution in [2.75, 3.05) is 7.11 Å². The minimum Gasteiger partial charge on any atom is -0.504 e. The second-order valence-corrected chi connectivity index (χ2v) is 4.21. The number of rotatable bonds is 2. The van der Waals surface area contributed by atoms with E-state index >= 15 is 0 Å². The van der Waals surface area contributed by atoms with Crippen molar-refractivity contribution in [2.45, 2.75) is 0 Å². The van der Waals surface area contributed by atoms with Crippen molar-refractivity contribution in [3.8, 4) is 47.0 Å². The van der Waals surface area contributed by atoms with Gasteiger partial charge in [-0.2, -0.15) is 0 Å². The van der Waals surface area contributed by atoms with Crippen LogP contribution in [0.5, 0.6) is 11.5 Å². The predicted octanol–water partition coefficient (Wildman–Crippen LogP) is 1.83. The third-order valence-corrected chi connectivity index (χ3v) is 2.60. The Hall–Kier alpha value is -2.73. The van der Waals surface area contributed by atoms with Gasteiger partial charge in [0.1, 0.15) is 0 Å². The third kappa shape index (κ3) is 10.1. The number of carbonyl (C=O) groups is 3. The number of carboxylic acids is 1. The molecule has 0 unspecified atom stereocenters. The van der Waals surface area contributed by atoms with Crippen molar-refractivity contribution < 1.29 is 29.3 Å². The molecule has 0 bridgehead atoms. The lowest BCUT2D eigenvalue weighted by Gasteiger charge is -2.04. The van der Waals surface area contributed by atoms with E-state index in [1.54, 1.807) is 12.0 Å². The summed E-state index contributed by atoms with van der Waals surface area (Å²) in [5.41, 5.74) is 0.397. The van der Waals surface area contributed by atoms with Gasteiger partial charge in [0, 0.05) is 16.0 Å². The summed E-state index contributed by atoms with van der Waals surface area (Å²) >= 11 is 3.16. The lowest BCUT2D eigenvalue weighted by Crippen LogP contribution is -1.87. The highest BCUT2D eigenvalue weighted by atomic mass is 79.9. The van der Waals surface area contributed by atoms with Crippen molar-refractivity contribution in [2.24, 2.45) is 0 Å². The summed E-state index contributed by atoms with van der Waals surface area (Å²) in [5, 5.41) is 17.2. The Kier molecular flexibility index (Phi) is 13.6. The fraction of sp³-hybridized carbons (Fsp3) is 0.0625. The molecule has 0 amide bonds. The average Bonchev–Trinajstić information content (AvgIpc) is 2.53. The zero-order valence-electron chi connectivity index (χ0n) is 12.1. The van der Waals surface area contributed by atoms with Crippen molar-refractivity contribution in [3.63, 3.8) is 0 Å². The monoisotopic (exact) mass is 456 g/mol. The SMILES string of the molecule is Br.COc1cc(Br)c(C=O)cc1O.O=CC#CC#CC#CC(=O)O. The Bertz CT molecular complexity index is 782. The number of hydrogen-bond acceptors (Lipinski definition) is 5. The highest BCUT2D eigenvalue weighted by molar-refractivity contribution is 9.10. The van der Waals surface area contributed by atoms with Crippen LogP contribution in [0.4, 0.5) is 0 Å². The summed E-state index contributed by atoms with van der Waals surface area (Å²) < 4.78 is 5.43. The van der Waals surface area contributed by atoms with Crippen LogP contribution in [0, 0.1) is 35.5 Å². The maximum Gasteiger partial charge on any atom is 0.382 e. The normalized spacial score (nSPS) is 7.08. The molecule has 0 aliphatic carbocycles. The van der Waals surface area contributed by atoms with Gasteiger partial charge < -0.3 is 14.9 Å². The number of hydrogen-bond donors (Lipinski definition) is 2. The van der Waals surface area contributed by atoms with Crippen LogP contribution in [0.2, 0.25) is 0 Å². The van der Waals surface area contributed by atoms with Crippen molar-refractivity contribution >= 4 is 51.5 Å². The van der Waals surface area contributed by atoms with E-state index in [2.05, 4.69) is 33.7 Å². The molecule has 0 saturated carbocycles. The van der Waals surface area contributed by atoms with E-state index in [0.717, 1.165) is 0 Å². The van der Waals surface area contributed by atoms with Crippen LogP contribution in [-0.2, 0) is 9.59 Å². The van der Waals surface area contributed by atoms with Crippen molar-refractivity contribution in [1.82, 2.24) is 0 Å². The summed E-state index contributed by atoms with van der Waals surface area (Å²) in [6.07, 6.45) is 1.04. The van der Waals surface area contributed by atoms with Crippen LogP contribution in [-0.4, -0.2) is 35.9 Å². The fourth-order valence-corrected chi connectivity index (χ4v) is 1.44.